The van der Waals surface area contributed by atoms with E-state index in [0.29, 0.717) is 37.4 Å². The summed E-state index contributed by atoms with van der Waals surface area (Å²) >= 11 is 0. The Kier molecular flexibility index (Phi) is 4.22. The highest BCUT2D eigenvalue weighted by molar-refractivity contribution is 5.75. The summed E-state index contributed by atoms with van der Waals surface area (Å²) in [7, 11) is 1.60. The molecule has 0 fully saturated rings. The predicted octanol–water partition coefficient (Wildman–Crippen LogP) is 1.98. The molecule has 2 aromatic rings. The number of benzene rings is 1. The minimum absolute atomic E-state index is 0.436. The van der Waals surface area contributed by atoms with Crippen molar-refractivity contribution in [1.29, 1.82) is 0 Å². The molecule has 6 heteroatoms. The highest BCUT2D eigenvalue weighted by Crippen LogP contribution is 2.17. The average molecular weight is 256 g/mol. The van der Waals surface area contributed by atoms with E-state index < -0.39 is 11.6 Å². The molecule has 4 nitrogen and oxygen atoms in total. The van der Waals surface area contributed by atoms with Gasteiger partial charge in [-0.2, -0.15) is 0 Å². The highest BCUT2D eigenvalue weighted by Gasteiger charge is 2.08. The molecule has 0 saturated heterocycles. The molecule has 18 heavy (non-hydrogen) atoms. The zero-order chi connectivity index (χ0) is 13.0. The summed E-state index contributed by atoms with van der Waals surface area (Å²) in [4.78, 5) is 4.01. The third-order valence-corrected chi connectivity index (χ3v) is 2.57. The van der Waals surface area contributed by atoms with E-state index in [4.69, 9.17) is 9.47 Å². The van der Waals surface area contributed by atoms with Gasteiger partial charge < -0.3 is 14.0 Å². The quantitative estimate of drug-likeness (QED) is 0.741. The molecule has 0 aliphatic rings. The van der Waals surface area contributed by atoms with Crippen LogP contribution in [0.1, 0.15) is 0 Å². The number of halogens is 2. The lowest BCUT2D eigenvalue weighted by molar-refractivity contribution is 0.0669. The highest BCUT2D eigenvalue weighted by atomic mass is 19.2. The summed E-state index contributed by atoms with van der Waals surface area (Å²) in [6, 6.07) is 2.24. The van der Waals surface area contributed by atoms with Gasteiger partial charge in [0.1, 0.15) is 0 Å². The predicted molar refractivity (Wildman–Crippen MR) is 62.3 cm³/mol. The van der Waals surface area contributed by atoms with Crippen LogP contribution in [0.3, 0.4) is 0 Å². The Bertz CT molecular complexity index is 528. The van der Waals surface area contributed by atoms with E-state index >= 15 is 0 Å². The third-order valence-electron chi connectivity index (χ3n) is 2.57. The molecule has 0 radical (unpaired) electrons. The van der Waals surface area contributed by atoms with Crippen molar-refractivity contribution >= 4 is 11.0 Å². The second-order valence-corrected chi connectivity index (χ2v) is 3.80. The summed E-state index contributed by atoms with van der Waals surface area (Å²) in [5, 5.41) is 0. The maximum Gasteiger partial charge on any atom is 0.161 e. The largest absolute Gasteiger partial charge is 0.382 e. The van der Waals surface area contributed by atoms with Crippen LogP contribution in [0, 0.1) is 11.6 Å². The van der Waals surface area contributed by atoms with E-state index in [1.807, 2.05) is 0 Å². The van der Waals surface area contributed by atoms with Crippen molar-refractivity contribution < 1.29 is 18.3 Å². The number of imidazole rings is 1. The van der Waals surface area contributed by atoms with Gasteiger partial charge in [-0.15, -0.1) is 0 Å². The number of rotatable bonds is 6. The fourth-order valence-electron chi connectivity index (χ4n) is 1.64. The van der Waals surface area contributed by atoms with Gasteiger partial charge in [0.05, 0.1) is 37.2 Å². The van der Waals surface area contributed by atoms with Gasteiger partial charge in [0.15, 0.2) is 11.6 Å². The minimum Gasteiger partial charge on any atom is -0.382 e. The van der Waals surface area contributed by atoms with Crippen molar-refractivity contribution in [2.45, 2.75) is 6.54 Å². The van der Waals surface area contributed by atoms with Gasteiger partial charge in [0, 0.05) is 25.8 Å². The standard InChI is InChI=1S/C12H14F2N2O2/c1-17-4-5-18-3-2-16-8-15-11-6-9(13)10(14)7-12(11)16/h6-8H,2-5H2,1H3. The Morgan fingerprint density at radius 2 is 1.94 bits per heavy atom. The first-order valence-corrected chi connectivity index (χ1v) is 5.59. The molecule has 0 aliphatic carbocycles. The molecule has 0 spiro atoms. The van der Waals surface area contributed by atoms with Crippen molar-refractivity contribution in [3.63, 3.8) is 0 Å². The number of hydrogen-bond acceptors (Lipinski definition) is 3. The van der Waals surface area contributed by atoms with E-state index in [1.165, 1.54) is 0 Å². The second kappa shape index (κ2) is 5.88. The number of ether oxygens (including phenoxy) is 2. The molecule has 0 bridgehead atoms. The van der Waals surface area contributed by atoms with Crippen LogP contribution in [0.25, 0.3) is 11.0 Å². The fourth-order valence-corrected chi connectivity index (χ4v) is 1.64. The molecule has 1 heterocycles. The average Bonchev–Trinajstić information content (AvgIpc) is 2.72. The molecule has 1 aromatic carbocycles. The minimum atomic E-state index is -0.885. The van der Waals surface area contributed by atoms with Crippen LogP contribution >= 0.6 is 0 Å². The summed E-state index contributed by atoms with van der Waals surface area (Å²) in [5.41, 5.74) is 0.995. The van der Waals surface area contributed by atoms with Crippen LogP contribution in [-0.4, -0.2) is 36.5 Å². The van der Waals surface area contributed by atoms with Crippen LogP contribution in [0.2, 0.25) is 0 Å². The molecule has 0 atom stereocenters. The first-order chi connectivity index (χ1) is 8.72. The first-order valence-electron chi connectivity index (χ1n) is 5.59. The topological polar surface area (TPSA) is 36.3 Å². The van der Waals surface area contributed by atoms with Crippen molar-refractivity contribution in [2.75, 3.05) is 26.9 Å². The van der Waals surface area contributed by atoms with Crippen LogP contribution in [0.15, 0.2) is 18.5 Å². The molecule has 0 saturated carbocycles. The Morgan fingerprint density at radius 1 is 1.17 bits per heavy atom. The van der Waals surface area contributed by atoms with Crippen molar-refractivity contribution in [3.05, 3.63) is 30.1 Å². The van der Waals surface area contributed by atoms with E-state index in [1.54, 1.807) is 18.0 Å². The lowest BCUT2D eigenvalue weighted by Crippen LogP contribution is -2.08. The number of aromatic nitrogens is 2. The molecule has 1 aromatic heterocycles. The summed E-state index contributed by atoms with van der Waals surface area (Å²) < 4.78 is 38.0. The number of fused-ring (bicyclic) bond motifs is 1. The third kappa shape index (κ3) is 2.83. The van der Waals surface area contributed by atoms with Gasteiger partial charge in [0.2, 0.25) is 0 Å². The van der Waals surface area contributed by atoms with Gasteiger partial charge in [-0.3, -0.25) is 0 Å². The number of hydrogen-bond donors (Lipinski definition) is 0. The van der Waals surface area contributed by atoms with Gasteiger partial charge in [-0.05, 0) is 0 Å². The fraction of sp³-hybridized carbons (Fsp3) is 0.417. The Balaban J connectivity index is 2.03. The van der Waals surface area contributed by atoms with Gasteiger partial charge in [0.25, 0.3) is 0 Å². The first kappa shape index (κ1) is 12.9. The summed E-state index contributed by atoms with van der Waals surface area (Å²) in [6.45, 7) is 2.04. The van der Waals surface area contributed by atoms with Crippen LogP contribution in [0.5, 0.6) is 0 Å². The Hall–Kier alpha value is -1.53. The SMILES string of the molecule is COCCOCCn1cnc2cc(F)c(F)cc21. The molecular weight excluding hydrogens is 242 g/mol. The van der Waals surface area contributed by atoms with Crippen molar-refractivity contribution in [1.82, 2.24) is 9.55 Å². The zero-order valence-corrected chi connectivity index (χ0v) is 10.0. The van der Waals surface area contributed by atoms with Crippen LogP contribution < -0.4 is 0 Å². The van der Waals surface area contributed by atoms with Crippen LogP contribution in [-0.2, 0) is 16.0 Å². The Morgan fingerprint density at radius 3 is 2.72 bits per heavy atom. The number of nitrogens with zero attached hydrogens (tertiary/aromatic N) is 2. The van der Waals surface area contributed by atoms with Gasteiger partial charge in [-0.25, -0.2) is 13.8 Å². The normalized spacial score (nSPS) is 11.3. The lowest BCUT2D eigenvalue weighted by atomic mass is 10.3. The maximum absolute atomic E-state index is 13.1. The number of methoxy groups -OCH3 is 1. The maximum atomic E-state index is 13.1. The molecule has 0 N–H and O–H groups in total. The summed E-state index contributed by atoms with van der Waals surface area (Å²) in [6.07, 6.45) is 1.54. The van der Waals surface area contributed by atoms with Crippen molar-refractivity contribution in [2.24, 2.45) is 0 Å². The molecular formula is C12H14F2N2O2. The smallest absolute Gasteiger partial charge is 0.161 e. The molecule has 2 rings (SSSR count). The van der Waals surface area contributed by atoms with Gasteiger partial charge in [-0.1, -0.05) is 0 Å². The molecule has 98 valence electrons. The lowest BCUT2D eigenvalue weighted by Gasteiger charge is -2.05. The van der Waals surface area contributed by atoms with E-state index in [0.717, 1.165) is 12.1 Å². The van der Waals surface area contributed by atoms with E-state index in [-0.39, 0.29) is 0 Å². The Labute approximate surface area is 103 Å². The van der Waals surface area contributed by atoms with E-state index in [9.17, 15) is 8.78 Å². The summed E-state index contributed by atoms with van der Waals surface area (Å²) in [5.74, 6) is -1.76. The monoisotopic (exact) mass is 256 g/mol. The van der Waals surface area contributed by atoms with Crippen molar-refractivity contribution in [3.8, 4) is 0 Å². The molecule has 0 amide bonds. The van der Waals surface area contributed by atoms with Crippen LogP contribution in [0.4, 0.5) is 8.78 Å². The molecule has 0 unspecified atom stereocenters. The zero-order valence-electron chi connectivity index (χ0n) is 10.0. The second-order valence-electron chi connectivity index (χ2n) is 3.80. The molecule has 0 aliphatic heterocycles. The van der Waals surface area contributed by atoms with Gasteiger partial charge >= 0.3 is 0 Å². The van der Waals surface area contributed by atoms with E-state index in [2.05, 4.69) is 4.98 Å².